The molecule has 0 aliphatic rings. The van der Waals surface area contributed by atoms with Gasteiger partial charge in [0.05, 0.1) is 19.5 Å². The Bertz CT molecular complexity index is 921. The summed E-state index contributed by atoms with van der Waals surface area (Å²) >= 11 is 0. The number of ether oxygens (including phenoxy) is 3. The second-order valence-electron chi connectivity index (χ2n) is 6.91. The lowest BCUT2D eigenvalue weighted by Crippen LogP contribution is -2.42. The molecule has 2 aromatic carbocycles. The maximum Gasteiger partial charge on any atom is 0.350 e. The van der Waals surface area contributed by atoms with Crippen molar-refractivity contribution in [1.29, 1.82) is 0 Å². The first-order valence-electron chi connectivity index (χ1n) is 9.72. The molecule has 0 saturated carbocycles. The second kappa shape index (κ2) is 10.3. The van der Waals surface area contributed by atoms with Gasteiger partial charge in [-0.25, -0.2) is 4.79 Å². The van der Waals surface area contributed by atoms with Crippen LogP contribution < -0.4 is 13.7 Å². The molecular weight excluding hydrogens is 408 g/mol. The Balaban J connectivity index is 1.87. The molecule has 0 heterocycles. The lowest BCUT2D eigenvalue weighted by molar-refractivity contribution is -0.160. The van der Waals surface area contributed by atoms with Crippen molar-refractivity contribution in [2.24, 2.45) is 0 Å². The fourth-order valence-electron chi connectivity index (χ4n) is 2.58. The van der Waals surface area contributed by atoms with Crippen molar-refractivity contribution >= 4 is 16.1 Å². The van der Waals surface area contributed by atoms with Crippen molar-refractivity contribution in [2.75, 3.05) is 19.5 Å². The Morgan fingerprint density at radius 3 is 2.03 bits per heavy atom. The highest BCUT2D eigenvalue weighted by Crippen LogP contribution is 2.25. The first kappa shape index (κ1) is 23.5. The van der Waals surface area contributed by atoms with Crippen LogP contribution in [0.2, 0.25) is 0 Å². The van der Waals surface area contributed by atoms with Crippen LogP contribution in [0.1, 0.15) is 32.8 Å². The van der Waals surface area contributed by atoms with Crippen molar-refractivity contribution in [3.8, 4) is 17.2 Å². The van der Waals surface area contributed by atoms with E-state index in [1.807, 2.05) is 6.92 Å². The molecule has 7 nitrogen and oxygen atoms in total. The second-order valence-corrected chi connectivity index (χ2v) is 8.48. The standard InChI is InChI=1S/C22H28O7S/c1-5-22(3,21(23)26-6-2)28-19-13-11-18(12-14-19)27-16-15-17-7-9-20(10-8-17)29-30(4,24)25/h7-14H,5-6,15-16H2,1-4H3. The van der Waals surface area contributed by atoms with Crippen molar-refractivity contribution < 1.29 is 31.6 Å². The smallest absolute Gasteiger partial charge is 0.350 e. The lowest BCUT2D eigenvalue weighted by Gasteiger charge is -2.27. The number of rotatable bonds is 11. The molecule has 0 spiro atoms. The van der Waals surface area contributed by atoms with Gasteiger partial charge in [-0.1, -0.05) is 19.1 Å². The summed E-state index contributed by atoms with van der Waals surface area (Å²) < 4.78 is 43.7. The van der Waals surface area contributed by atoms with E-state index in [4.69, 9.17) is 18.4 Å². The molecule has 0 saturated heterocycles. The molecule has 2 rings (SSSR count). The van der Waals surface area contributed by atoms with E-state index in [1.165, 1.54) is 0 Å². The predicted molar refractivity (Wildman–Crippen MR) is 114 cm³/mol. The van der Waals surface area contributed by atoms with Crippen LogP contribution >= 0.6 is 0 Å². The van der Waals surface area contributed by atoms with Gasteiger partial charge in [0.1, 0.15) is 17.2 Å². The minimum Gasteiger partial charge on any atom is -0.493 e. The molecule has 0 fully saturated rings. The van der Waals surface area contributed by atoms with Crippen LogP contribution in [0.25, 0.3) is 0 Å². The molecule has 164 valence electrons. The van der Waals surface area contributed by atoms with E-state index in [0.717, 1.165) is 11.8 Å². The zero-order valence-corrected chi connectivity index (χ0v) is 18.5. The number of benzene rings is 2. The van der Waals surface area contributed by atoms with Gasteiger partial charge < -0.3 is 18.4 Å². The highest BCUT2D eigenvalue weighted by Gasteiger charge is 2.35. The van der Waals surface area contributed by atoms with Crippen LogP contribution in [-0.4, -0.2) is 39.5 Å². The molecule has 0 bridgehead atoms. The topological polar surface area (TPSA) is 88.1 Å². The monoisotopic (exact) mass is 436 g/mol. The Labute approximate surface area is 178 Å². The van der Waals surface area contributed by atoms with Gasteiger partial charge in [-0.2, -0.15) is 8.42 Å². The van der Waals surface area contributed by atoms with Crippen LogP contribution in [-0.2, 0) is 26.1 Å². The highest BCUT2D eigenvalue weighted by molar-refractivity contribution is 7.86. The van der Waals surface area contributed by atoms with E-state index in [1.54, 1.807) is 62.4 Å². The molecule has 8 heteroatoms. The van der Waals surface area contributed by atoms with Gasteiger partial charge in [0.25, 0.3) is 0 Å². The molecule has 2 aromatic rings. The normalized spacial score (nSPS) is 13.2. The lowest BCUT2D eigenvalue weighted by atomic mass is 10.0. The zero-order valence-electron chi connectivity index (χ0n) is 17.7. The molecule has 0 aromatic heterocycles. The van der Waals surface area contributed by atoms with Crippen LogP contribution in [0.4, 0.5) is 0 Å². The third kappa shape index (κ3) is 7.26. The molecule has 30 heavy (non-hydrogen) atoms. The Morgan fingerprint density at radius 2 is 1.50 bits per heavy atom. The van der Waals surface area contributed by atoms with Crippen LogP contribution in [0.15, 0.2) is 48.5 Å². The summed E-state index contributed by atoms with van der Waals surface area (Å²) in [5.41, 5.74) is -0.0466. The summed E-state index contributed by atoms with van der Waals surface area (Å²) in [6, 6.07) is 13.9. The van der Waals surface area contributed by atoms with Crippen LogP contribution in [0.5, 0.6) is 17.2 Å². The number of hydrogen-bond donors (Lipinski definition) is 0. The van der Waals surface area contributed by atoms with Crippen molar-refractivity contribution in [2.45, 2.75) is 39.2 Å². The largest absolute Gasteiger partial charge is 0.493 e. The van der Waals surface area contributed by atoms with E-state index in [0.29, 0.717) is 37.6 Å². The maximum absolute atomic E-state index is 12.1. The Kier molecular flexibility index (Phi) is 8.11. The van der Waals surface area contributed by atoms with E-state index < -0.39 is 15.7 Å². The fraction of sp³-hybridized carbons (Fsp3) is 0.409. The minimum absolute atomic E-state index is 0.277. The highest BCUT2D eigenvalue weighted by atomic mass is 32.2. The van der Waals surface area contributed by atoms with Gasteiger partial charge in [-0.3, -0.25) is 0 Å². The summed E-state index contributed by atoms with van der Waals surface area (Å²) in [5.74, 6) is 1.12. The van der Waals surface area contributed by atoms with Gasteiger partial charge in [0, 0.05) is 6.42 Å². The summed E-state index contributed by atoms with van der Waals surface area (Å²) in [5, 5.41) is 0. The van der Waals surface area contributed by atoms with Gasteiger partial charge >= 0.3 is 16.1 Å². The SMILES string of the molecule is CCOC(=O)C(C)(CC)Oc1ccc(OCCc2ccc(OS(C)(=O)=O)cc2)cc1. The van der Waals surface area contributed by atoms with Crippen LogP contribution in [0, 0.1) is 0 Å². The third-order valence-electron chi connectivity index (χ3n) is 4.38. The first-order valence-corrected chi connectivity index (χ1v) is 11.5. The van der Waals surface area contributed by atoms with E-state index in [9.17, 15) is 13.2 Å². The van der Waals surface area contributed by atoms with E-state index in [2.05, 4.69) is 0 Å². The third-order valence-corrected chi connectivity index (χ3v) is 4.87. The Hall–Kier alpha value is -2.74. The fourth-order valence-corrected chi connectivity index (χ4v) is 3.04. The quantitative estimate of drug-likeness (QED) is 0.391. The molecular formula is C22H28O7S. The molecule has 0 aliphatic carbocycles. The van der Waals surface area contributed by atoms with E-state index >= 15 is 0 Å². The average molecular weight is 437 g/mol. The molecule has 1 atom stereocenters. The number of hydrogen-bond acceptors (Lipinski definition) is 7. The number of carbonyl (C=O) groups excluding carboxylic acids is 1. The van der Waals surface area contributed by atoms with Crippen molar-refractivity contribution in [3.63, 3.8) is 0 Å². The predicted octanol–water partition coefficient (Wildman–Crippen LogP) is 3.76. The number of carbonyl (C=O) groups is 1. The minimum atomic E-state index is -3.53. The van der Waals surface area contributed by atoms with Crippen molar-refractivity contribution in [1.82, 2.24) is 0 Å². The van der Waals surface area contributed by atoms with E-state index in [-0.39, 0.29) is 11.7 Å². The average Bonchev–Trinajstić information content (AvgIpc) is 2.69. The summed E-state index contributed by atoms with van der Waals surface area (Å²) in [6.45, 7) is 6.09. The number of esters is 1. The Morgan fingerprint density at radius 1 is 0.933 bits per heavy atom. The van der Waals surface area contributed by atoms with Gasteiger partial charge in [0.15, 0.2) is 0 Å². The molecule has 0 radical (unpaired) electrons. The summed E-state index contributed by atoms with van der Waals surface area (Å²) in [6.07, 6.45) is 2.14. The summed E-state index contributed by atoms with van der Waals surface area (Å²) in [7, 11) is -3.53. The zero-order chi connectivity index (χ0) is 22.2. The molecule has 0 aliphatic heterocycles. The van der Waals surface area contributed by atoms with Gasteiger partial charge in [-0.05, 0) is 62.2 Å². The van der Waals surface area contributed by atoms with Gasteiger partial charge in [-0.15, -0.1) is 0 Å². The molecule has 1 unspecified atom stereocenters. The van der Waals surface area contributed by atoms with Gasteiger partial charge in [0.2, 0.25) is 5.60 Å². The summed E-state index contributed by atoms with van der Waals surface area (Å²) in [4.78, 5) is 12.1. The van der Waals surface area contributed by atoms with Crippen LogP contribution in [0.3, 0.4) is 0 Å². The first-order chi connectivity index (χ1) is 14.1. The maximum atomic E-state index is 12.1. The molecule has 0 N–H and O–H groups in total. The molecule has 0 amide bonds. The van der Waals surface area contributed by atoms with Crippen molar-refractivity contribution in [3.05, 3.63) is 54.1 Å².